The Morgan fingerprint density at radius 1 is 1.55 bits per heavy atom. The van der Waals surface area contributed by atoms with Gasteiger partial charge < -0.3 is 7.34 Å². The minimum atomic E-state index is -1.94. The van der Waals surface area contributed by atoms with Crippen LogP contribution in [0.2, 0.25) is 0 Å². The fourth-order valence-electron chi connectivity index (χ4n) is 0.386. The monoisotopic (exact) mass is 227 g/mol. The van der Waals surface area contributed by atoms with Gasteiger partial charge in [0.15, 0.2) is 6.61 Å². The van der Waals surface area contributed by atoms with E-state index in [0.29, 0.717) is 6.61 Å². The van der Waals surface area contributed by atoms with Crippen molar-refractivity contribution in [2.24, 2.45) is 0 Å². The Balaban J connectivity index is -0.000000135. The molecule has 0 aromatic heterocycles. The van der Waals surface area contributed by atoms with Crippen molar-refractivity contribution in [1.29, 1.82) is 0 Å². The molecule has 0 saturated heterocycles. The Morgan fingerprint density at radius 2 is 2.00 bits per heavy atom. The molecule has 6 heteroatoms. The fraction of sp³-hybridized carbons (Fsp3) is 1.00. The molecule has 0 saturated carbocycles. The Kier molecular flexibility index (Phi) is 9.61. The average Bonchev–Trinajstić information content (AvgIpc) is 1.59. The summed E-state index contributed by atoms with van der Waals surface area (Å²) in [5.74, 6) is 0. The average molecular weight is 228 g/mol. The van der Waals surface area contributed by atoms with Gasteiger partial charge in [0.05, 0.1) is 21.1 Å². The number of halogens is 1. The van der Waals surface area contributed by atoms with E-state index >= 15 is 0 Å². The zero-order valence-electron chi connectivity index (χ0n) is 9.21. The van der Waals surface area contributed by atoms with Gasteiger partial charge in [0, 0.05) is 0 Å². The second-order valence-electron chi connectivity index (χ2n) is 3.06. The molecule has 0 N–H and O–H groups in total. The second kappa shape index (κ2) is 7.02. The maximum atomic E-state index is 10.2. The van der Waals surface area contributed by atoms with Crippen LogP contribution in [0.4, 0.5) is 0 Å². The standard InChI is InChI=1S/C5H13ClNO2P.Ca.2H/c1-7(2,3)4-5-9-10(6)8;;;/h4-5H2,1-3H3;;;/q2*+2;2*-1. The molecule has 3 nitrogen and oxygen atoms in total. The van der Waals surface area contributed by atoms with Crippen molar-refractivity contribution in [3.8, 4) is 0 Å². The van der Waals surface area contributed by atoms with E-state index in [9.17, 15) is 4.57 Å². The number of hydrogen-bond donors (Lipinski definition) is 0. The summed E-state index contributed by atoms with van der Waals surface area (Å²) in [5.41, 5.74) is 0. The smallest absolute Gasteiger partial charge is 1.00 e. The van der Waals surface area contributed by atoms with Crippen molar-refractivity contribution in [2.75, 3.05) is 34.3 Å². The molecule has 0 aliphatic carbocycles. The minimum absolute atomic E-state index is 0. The molecule has 0 fully saturated rings. The van der Waals surface area contributed by atoms with E-state index in [0.717, 1.165) is 11.0 Å². The summed E-state index contributed by atoms with van der Waals surface area (Å²) in [6, 6.07) is 0. The first-order valence-corrected chi connectivity index (χ1v) is 5.06. The Bertz CT molecular complexity index is 136. The summed E-state index contributed by atoms with van der Waals surface area (Å²) >= 11 is 5.09. The first kappa shape index (κ1) is 15.1. The maximum absolute atomic E-state index is 10.2. The molecule has 0 amide bonds. The molecular formula is C5H15CaClNO2P+2. The van der Waals surface area contributed by atoms with Crippen LogP contribution >= 0.6 is 18.6 Å². The third kappa shape index (κ3) is 14.4. The number of hydrogen-bond acceptors (Lipinski definition) is 2. The summed E-state index contributed by atoms with van der Waals surface area (Å²) in [5, 5.41) is 0. The van der Waals surface area contributed by atoms with E-state index in [1.165, 1.54) is 0 Å². The zero-order valence-corrected chi connectivity index (χ0v) is 11.1. The van der Waals surface area contributed by atoms with Crippen molar-refractivity contribution in [2.45, 2.75) is 0 Å². The van der Waals surface area contributed by atoms with Gasteiger partial charge in [-0.15, -0.1) is 4.52 Å². The molecule has 1 atom stereocenters. The van der Waals surface area contributed by atoms with Gasteiger partial charge in [-0.1, -0.05) is 0 Å². The molecule has 64 valence electrons. The van der Waals surface area contributed by atoms with Crippen LogP contribution in [0.25, 0.3) is 0 Å². The normalized spacial score (nSPS) is 12.2. The van der Waals surface area contributed by atoms with Gasteiger partial charge in [-0.3, -0.25) is 0 Å². The van der Waals surface area contributed by atoms with Crippen LogP contribution in [0.5, 0.6) is 0 Å². The molecular weight excluding hydrogens is 213 g/mol. The quantitative estimate of drug-likeness (QED) is 0.413. The molecule has 1 unspecified atom stereocenters. The summed E-state index contributed by atoms with van der Waals surface area (Å²) in [4.78, 5) is 0. The maximum Gasteiger partial charge on any atom is 2.00 e. The molecule has 0 bridgehead atoms. The van der Waals surface area contributed by atoms with Crippen molar-refractivity contribution in [3.63, 3.8) is 0 Å². The van der Waals surface area contributed by atoms with Crippen LogP contribution in [-0.2, 0) is 9.09 Å². The van der Waals surface area contributed by atoms with Crippen LogP contribution in [0.15, 0.2) is 0 Å². The number of quaternary nitrogens is 1. The predicted molar refractivity (Wildman–Crippen MR) is 50.3 cm³/mol. The van der Waals surface area contributed by atoms with E-state index in [2.05, 4.69) is 4.52 Å². The first-order chi connectivity index (χ1) is 4.42. The fourth-order valence-corrected chi connectivity index (χ4v) is 0.819. The molecule has 11 heavy (non-hydrogen) atoms. The van der Waals surface area contributed by atoms with E-state index in [4.69, 9.17) is 11.2 Å². The molecule has 0 radical (unpaired) electrons. The van der Waals surface area contributed by atoms with E-state index in [1.807, 2.05) is 21.1 Å². The van der Waals surface area contributed by atoms with E-state index in [1.54, 1.807) is 0 Å². The zero-order chi connectivity index (χ0) is 8.20. The predicted octanol–water partition coefficient (Wildman–Crippen LogP) is 1.45. The van der Waals surface area contributed by atoms with Gasteiger partial charge in [-0.2, -0.15) is 0 Å². The van der Waals surface area contributed by atoms with Gasteiger partial charge in [-0.05, 0) is 4.57 Å². The molecule has 0 heterocycles. The molecule has 0 aliphatic rings. The van der Waals surface area contributed by atoms with E-state index in [-0.39, 0.29) is 40.6 Å². The van der Waals surface area contributed by atoms with Gasteiger partial charge in [0.2, 0.25) is 11.2 Å². The Hall–Kier alpha value is 1.57. The van der Waals surface area contributed by atoms with Crippen molar-refractivity contribution < 1.29 is 16.4 Å². The number of rotatable bonds is 4. The van der Waals surface area contributed by atoms with Crippen LogP contribution < -0.4 is 0 Å². The van der Waals surface area contributed by atoms with Crippen LogP contribution in [0.3, 0.4) is 0 Å². The number of likely N-dealkylation sites (N-methyl/N-ethyl adjacent to an activating group) is 1. The topological polar surface area (TPSA) is 26.3 Å². The van der Waals surface area contributed by atoms with Crippen LogP contribution in [0.1, 0.15) is 2.85 Å². The number of nitrogens with zero attached hydrogens (tertiary/aromatic N) is 1. The Morgan fingerprint density at radius 3 is 2.27 bits per heavy atom. The van der Waals surface area contributed by atoms with Crippen molar-refractivity contribution >= 4 is 56.4 Å². The van der Waals surface area contributed by atoms with Crippen molar-refractivity contribution in [3.05, 3.63) is 0 Å². The van der Waals surface area contributed by atoms with Crippen molar-refractivity contribution in [1.82, 2.24) is 0 Å². The molecule has 0 aromatic rings. The summed E-state index contributed by atoms with van der Waals surface area (Å²) < 4.78 is 15.7. The molecule has 0 rings (SSSR count). The Labute approximate surface area is 106 Å². The third-order valence-electron chi connectivity index (χ3n) is 0.955. The minimum Gasteiger partial charge on any atom is -1.00 e. The SMILES string of the molecule is C[N+](C)(C)CCO[P+](=O)Cl.[Ca+2].[H-].[H-]. The third-order valence-corrected chi connectivity index (χ3v) is 1.63. The molecule has 0 aromatic carbocycles. The van der Waals surface area contributed by atoms with Gasteiger partial charge in [0.1, 0.15) is 6.54 Å². The van der Waals surface area contributed by atoms with Crippen LogP contribution in [-0.4, -0.2) is 76.5 Å². The second-order valence-corrected chi connectivity index (χ2v) is 4.57. The first-order valence-electron chi connectivity index (χ1n) is 2.98. The summed E-state index contributed by atoms with van der Waals surface area (Å²) in [6.45, 7) is 1.26. The summed E-state index contributed by atoms with van der Waals surface area (Å²) in [7, 11) is 4.16. The van der Waals surface area contributed by atoms with Crippen LogP contribution in [0, 0.1) is 0 Å². The van der Waals surface area contributed by atoms with Gasteiger partial charge in [-0.25, -0.2) is 0 Å². The van der Waals surface area contributed by atoms with Gasteiger partial charge in [0.25, 0.3) is 0 Å². The van der Waals surface area contributed by atoms with Gasteiger partial charge >= 0.3 is 45.1 Å². The summed E-state index contributed by atoms with van der Waals surface area (Å²) in [6.07, 6.45) is 0. The largest absolute Gasteiger partial charge is 2.00 e. The molecule has 0 spiro atoms. The van der Waals surface area contributed by atoms with E-state index < -0.39 is 7.38 Å². The molecule has 0 aliphatic heterocycles.